The highest BCUT2D eigenvalue weighted by Crippen LogP contribution is 2.30. The second-order valence-corrected chi connectivity index (χ2v) is 5.82. The molecule has 6 nitrogen and oxygen atoms in total. The van der Waals surface area contributed by atoms with Crippen molar-refractivity contribution in [2.24, 2.45) is 5.16 Å². The number of methoxy groups -OCH3 is 2. The molecular formula is C16H22N2O4. The molecule has 0 bridgehead atoms. The molecule has 0 N–H and O–H groups in total. The van der Waals surface area contributed by atoms with Crippen LogP contribution in [0.2, 0.25) is 0 Å². The van der Waals surface area contributed by atoms with Gasteiger partial charge in [-0.05, 0) is 45.9 Å². The fourth-order valence-electron chi connectivity index (χ4n) is 2.67. The molecule has 0 amide bonds. The Balaban J connectivity index is 2.47. The van der Waals surface area contributed by atoms with Crippen LogP contribution in [0.15, 0.2) is 23.4 Å². The van der Waals surface area contributed by atoms with Crippen molar-refractivity contribution in [1.29, 1.82) is 0 Å². The molecule has 0 saturated carbocycles. The van der Waals surface area contributed by atoms with Gasteiger partial charge in [-0.3, -0.25) is 0 Å². The molecule has 0 aromatic heterocycles. The molecule has 0 aliphatic carbocycles. The van der Waals surface area contributed by atoms with Crippen molar-refractivity contribution in [2.45, 2.75) is 39.5 Å². The van der Waals surface area contributed by atoms with Gasteiger partial charge in [0.15, 0.2) is 5.84 Å². The highest BCUT2D eigenvalue weighted by atomic mass is 16.7. The second-order valence-electron chi connectivity index (χ2n) is 5.82. The lowest BCUT2D eigenvalue weighted by molar-refractivity contribution is -0.0782. The number of nitrogens with zero attached hydrogens (tertiary/aromatic N) is 2. The molecule has 1 aromatic carbocycles. The molecule has 1 aliphatic heterocycles. The van der Waals surface area contributed by atoms with Crippen molar-refractivity contribution in [1.82, 2.24) is 4.90 Å². The van der Waals surface area contributed by atoms with E-state index in [1.165, 1.54) is 14.2 Å². The summed E-state index contributed by atoms with van der Waals surface area (Å²) in [4.78, 5) is 19.5. The summed E-state index contributed by atoms with van der Waals surface area (Å²) in [5.41, 5.74) is 0.605. The summed E-state index contributed by atoms with van der Waals surface area (Å²) in [6.07, 6.45) is 0. The first kappa shape index (κ1) is 16.1. The Kier molecular flexibility index (Phi) is 4.30. The van der Waals surface area contributed by atoms with Gasteiger partial charge >= 0.3 is 5.97 Å². The summed E-state index contributed by atoms with van der Waals surface area (Å²) >= 11 is 0. The molecule has 1 aliphatic rings. The highest BCUT2D eigenvalue weighted by molar-refractivity contribution is 6.02. The molecule has 2 rings (SSSR count). The third-order valence-corrected chi connectivity index (χ3v) is 3.54. The van der Waals surface area contributed by atoms with Gasteiger partial charge in [-0.25, -0.2) is 4.79 Å². The number of esters is 1. The standard InChI is InChI=1S/C16H22N2O4/c1-10(2)18-14(17-22-16(18,3)4)11-7-8-13(20-5)12(9-11)15(19)21-6/h7-10H,1-6H3. The van der Waals surface area contributed by atoms with Gasteiger partial charge in [0.1, 0.15) is 11.3 Å². The number of carbonyl (C=O) groups is 1. The molecule has 0 saturated heterocycles. The van der Waals surface area contributed by atoms with Crippen molar-refractivity contribution in [3.63, 3.8) is 0 Å². The topological polar surface area (TPSA) is 60.4 Å². The van der Waals surface area contributed by atoms with Crippen LogP contribution in [0.5, 0.6) is 5.75 Å². The minimum Gasteiger partial charge on any atom is -0.496 e. The second kappa shape index (κ2) is 5.87. The van der Waals surface area contributed by atoms with E-state index in [0.717, 1.165) is 5.56 Å². The van der Waals surface area contributed by atoms with Gasteiger partial charge in [0.25, 0.3) is 0 Å². The number of amidine groups is 1. The van der Waals surface area contributed by atoms with Crippen molar-refractivity contribution in [3.8, 4) is 5.75 Å². The Morgan fingerprint density at radius 1 is 1.32 bits per heavy atom. The first-order chi connectivity index (χ1) is 10.3. The minimum absolute atomic E-state index is 0.194. The number of carbonyl (C=O) groups excluding carboxylic acids is 1. The molecule has 0 fully saturated rings. The molecule has 0 atom stereocenters. The summed E-state index contributed by atoms with van der Waals surface area (Å²) in [5, 5.41) is 4.19. The zero-order valence-electron chi connectivity index (χ0n) is 13.8. The molecule has 1 aromatic rings. The lowest BCUT2D eigenvalue weighted by Crippen LogP contribution is -2.48. The van der Waals surface area contributed by atoms with E-state index in [9.17, 15) is 4.79 Å². The lowest BCUT2D eigenvalue weighted by atomic mass is 10.1. The predicted octanol–water partition coefficient (Wildman–Crippen LogP) is 2.62. The normalized spacial score (nSPS) is 16.3. The molecule has 6 heteroatoms. The van der Waals surface area contributed by atoms with Gasteiger partial charge in [0.05, 0.1) is 14.2 Å². The van der Waals surface area contributed by atoms with Crippen molar-refractivity contribution in [2.75, 3.05) is 14.2 Å². The van der Waals surface area contributed by atoms with Gasteiger partial charge in [0.2, 0.25) is 5.72 Å². The van der Waals surface area contributed by atoms with Crippen LogP contribution in [0.4, 0.5) is 0 Å². The average Bonchev–Trinajstić information content (AvgIpc) is 2.81. The lowest BCUT2D eigenvalue weighted by Gasteiger charge is -2.34. The van der Waals surface area contributed by atoms with Crippen LogP contribution in [0.3, 0.4) is 0 Å². The van der Waals surface area contributed by atoms with Crippen molar-refractivity contribution >= 4 is 11.8 Å². The maximum Gasteiger partial charge on any atom is 0.341 e. The van der Waals surface area contributed by atoms with E-state index < -0.39 is 11.7 Å². The van der Waals surface area contributed by atoms with E-state index in [2.05, 4.69) is 23.9 Å². The largest absolute Gasteiger partial charge is 0.496 e. The van der Waals surface area contributed by atoms with Crippen LogP contribution in [0, 0.1) is 0 Å². The minimum atomic E-state index is -0.533. The first-order valence-electron chi connectivity index (χ1n) is 7.14. The average molecular weight is 306 g/mol. The van der Waals surface area contributed by atoms with Gasteiger partial charge in [0, 0.05) is 11.6 Å². The van der Waals surface area contributed by atoms with Gasteiger partial charge in [-0.2, -0.15) is 0 Å². The van der Waals surface area contributed by atoms with E-state index >= 15 is 0 Å². The van der Waals surface area contributed by atoms with Crippen molar-refractivity contribution < 1.29 is 19.1 Å². The summed E-state index contributed by atoms with van der Waals surface area (Å²) in [6.45, 7) is 8.04. The number of benzene rings is 1. The summed E-state index contributed by atoms with van der Waals surface area (Å²) in [5.74, 6) is 0.701. The number of hydrogen-bond donors (Lipinski definition) is 0. The summed E-state index contributed by atoms with van der Waals surface area (Å²) in [6, 6.07) is 5.49. The first-order valence-corrected chi connectivity index (χ1v) is 7.14. The van der Waals surface area contributed by atoms with E-state index in [1.807, 2.05) is 19.9 Å². The number of hydrogen-bond acceptors (Lipinski definition) is 6. The molecule has 120 valence electrons. The van der Waals surface area contributed by atoms with Gasteiger partial charge in [-0.1, -0.05) is 5.16 Å². The Labute approximate surface area is 130 Å². The smallest absolute Gasteiger partial charge is 0.341 e. The van der Waals surface area contributed by atoms with Crippen molar-refractivity contribution in [3.05, 3.63) is 29.3 Å². The number of rotatable bonds is 4. The molecule has 1 heterocycles. The number of oxime groups is 1. The summed E-state index contributed by atoms with van der Waals surface area (Å²) < 4.78 is 10.0. The quantitative estimate of drug-likeness (QED) is 0.800. The maximum atomic E-state index is 11.9. The zero-order valence-corrected chi connectivity index (χ0v) is 13.8. The van der Waals surface area contributed by atoms with E-state index in [4.69, 9.17) is 14.3 Å². The Hall–Kier alpha value is -2.24. The van der Waals surface area contributed by atoms with Crippen LogP contribution >= 0.6 is 0 Å². The maximum absolute atomic E-state index is 11.9. The SMILES string of the molecule is COC(=O)c1cc(C2=NOC(C)(C)N2C(C)C)ccc1OC. The van der Waals surface area contributed by atoms with Crippen LogP contribution < -0.4 is 4.74 Å². The highest BCUT2D eigenvalue weighted by Gasteiger charge is 2.40. The third-order valence-electron chi connectivity index (χ3n) is 3.54. The molecule has 22 heavy (non-hydrogen) atoms. The molecular weight excluding hydrogens is 284 g/mol. The van der Waals surface area contributed by atoms with E-state index in [1.54, 1.807) is 12.1 Å². The Bertz CT molecular complexity index is 608. The zero-order chi connectivity index (χ0) is 16.5. The van der Waals surface area contributed by atoms with Crippen LogP contribution in [-0.2, 0) is 9.57 Å². The molecule has 0 radical (unpaired) electrons. The van der Waals surface area contributed by atoms with Crippen LogP contribution in [-0.4, -0.2) is 42.7 Å². The fourth-order valence-corrected chi connectivity index (χ4v) is 2.67. The fraction of sp³-hybridized carbons (Fsp3) is 0.500. The van der Waals surface area contributed by atoms with Gasteiger partial charge in [-0.15, -0.1) is 0 Å². The monoisotopic (exact) mass is 306 g/mol. The predicted molar refractivity (Wildman–Crippen MR) is 83.0 cm³/mol. The molecule has 0 spiro atoms. The van der Waals surface area contributed by atoms with Gasteiger partial charge < -0.3 is 19.2 Å². The van der Waals surface area contributed by atoms with Crippen LogP contribution in [0.25, 0.3) is 0 Å². The van der Waals surface area contributed by atoms with Crippen LogP contribution in [0.1, 0.15) is 43.6 Å². The molecule has 0 unspecified atom stereocenters. The van der Waals surface area contributed by atoms with E-state index in [-0.39, 0.29) is 6.04 Å². The Morgan fingerprint density at radius 3 is 2.55 bits per heavy atom. The number of ether oxygens (including phenoxy) is 2. The summed E-state index contributed by atoms with van der Waals surface area (Å²) in [7, 11) is 2.86. The van der Waals surface area contributed by atoms with E-state index in [0.29, 0.717) is 17.1 Å². The Morgan fingerprint density at radius 2 is 2.00 bits per heavy atom. The third kappa shape index (κ3) is 2.73.